The monoisotopic (exact) mass is 155 g/mol. The van der Waals surface area contributed by atoms with Crippen molar-refractivity contribution < 1.29 is 4.79 Å². The molecule has 0 aromatic rings. The van der Waals surface area contributed by atoms with Gasteiger partial charge in [0.1, 0.15) is 0 Å². The lowest BCUT2D eigenvalue weighted by atomic mass is 9.58. The van der Waals surface area contributed by atoms with E-state index in [2.05, 4.69) is 26.1 Å². The second-order valence-corrected chi connectivity index (χ2v) is 4.41. The van der Waals surface area contributed by atoms with Gasteiger partial charge in [-0.1, -0.05) is 20.8 Å². The maximum atomic E-state index is 10.3. The minimum atomic E-state index is 0.130. The molecule has 0 saturated heterocycles. The molecule has 1 aliphatic carbocycles. The van der Waals surface area contributed by atoms with Gasteiger partial charge in [0.15, 0.2) is 0 Å². The fraction of sp³-hybridized carbons (Fsp3) is 0.889. The van der Waals surface area contributed by atoms with E-state index in [0.717, 1.165) is 25.7 Å². The molecule has 1 amide bonds. The van der Waals surface area contributed by atoms with Gasteiger partial charge in [-0.25, -0.2) is 0 Å². The highest BCUT2D eigenvalue weighted by Crippen LogP contribution is 2.49. The van der Waals surface area contributed by atoms with Gasteiger partial charge in [0, 0.05) is 5.54 Å². The zero-order valence-corrected chi connectivity index (χ0v) is 7.61. The first kappa shape index (κ1) is 8.57. The highest BCUT2D eigenvalue weighted by atomic mass is 16.1. The lowest BCUT2D eigenvalue weighted by Gasteiger charge is -2.52. The molecule has 0 aromatic carbocycles. The molecule has 1 fully saturated rings. The van der Waals surface area contributed by atoms with E-state index in [4.69, 9.17) is 0 Å². The topological polar surface area (TPSA) is 29.1 Å². The first-order chi connectivity index (χ1) is 5.04. The molecule has 0 radical (unpaired) electrons. The number of hydrogen-bond acceptors (Lipinski definition) is 1. The number of carbonyl (C=O) groups is 1. The molecule has 1 N–H and O–H groups in total. The summed E-state index contributed by atoms with van der Waals surface area (Å²) in [5.41, 5.74) is 0.567. The van der Waals surface area contributed by atoms with Crippen molar-refractivity contribution >= 4 is 6.41 Å². The predicted molar refractivity (Wildman–Crippen MR) is 45.2 cm³/mol. The summed E-state index contributed by atoms with van der Waals surface area (Å²) in [6.07, 6.45) is 4.12. The summed E-state index contributed by atoms with van der Waals surface area (Å²) in [6, 6.07) is 0. The largest absolute Gasteiger partial charge is 0.353 e. The van der Waals surface area contributed by atoms with E-state index in [-0.39, 0.29) is 5.54 Å². The van der Waals surface area contributed by atoms with Gasteiger partial charge in [0.05, 0.1) is 0 Å². The van der Waals surface area contributed by atoms with Crippen LogP contribution in [-0.4, -0.2) is 11.9 Å². The maximum absolute atomic E-state index is 10.3. The number of hydrogen-bond donors (Lipinski definition) is 1. The minimum Gasteiger partial charge on any atom is -0.353 e. The molecule has 11 heavy (non-hydrogen) atoms. The van der Waals surface area contributed by atoms with Crippen LogP contribution in [0.15, 0.2) is 0 Å². The van der Waals surface area contributed by atoms with Crippen molar-refractivity contribution in [3.63, 3.8) is 0 Å². The molecular weight excluding hydrogens is 138 g/mol. The Hall–Kier alpha value is -0.530. The first-order valence-electron chi connectivity index (χ1n) is 4.25. The van der Waals surface area contributed by atoms with Gasteiger partial charge >= 0.3 is 0 Å². The average molecular weight is 155 g/mol. The van der Waals surface area contributed by atoms with E-state index in [1.807, 2.05) is 0 Å². The summed E-state index contributed by atoms with van der Waals surface area (Å²) in [6.45, 7) is 6.62. The quantitative estimate of drug-likeness (QED) is 0.617. The van der Waals surface area contributed by atoms with Gasteiger partial charge in [0.2, 0.25) is 6.41 Å². The summed E-state index contributed by atoms with van der Waals surface area (Å²) < 4.78 is 0. The summed E-state index contributed by atoms with van der Waals surface area (Å²) >= 11 is 0. The molecule has 0 aromatic heterocycles. The van der Waals surface area contributed by atoms with E-state index in [0.29, 0.717) is 5.41 Å². The van der Waals surface area contributed by atoms with Crippen molar-refractivity contribution in [3.8, 4) is 0 Å². The van der Waals surface area contributed by atoms with E-state index in [9.17, 15) is 4.79 Å². The number of carbonyl (C=O) groups excluding carboxylic acids is 1. The van der Waals surface area contributed by atoms with Crippen LogP contribution < -0.4 is 5.32 Å². The van der Waals surface area contributed by atoms with Crippen molar-refractivity contribution in [2.75, 3.05) is 0 Å². The third-order valence-corrected chi connectivity index (χ3v) is 2.68. The normalized spacial score (nSPS) is 25.4. The molecule has 1 saturated carbocycles. The molecular formula is C9H17NO. The Morgan fingerprint density at radius 3 is 2.27 bits per heavy atom. The Bertz CT molecular complexity index is 155. The molecule has 2 nitrogen and oxygen atoms in total. The van der Waals surface area contributed by atoms with Crippen molar-refractivity contribution in [1.29, 1.82) is 0 Å². The molecule has 0 atom stereocenters. The molecule has 0 bridgehead atoms. The fourth-order valence-corrected chi connectivity index (χ4v) is 2.36. The summed E-state index contributed by atoms with van der Waals surface area (Å²) in [5.74, 6) is 0. The van der Waals surface area contributed by atoms with Gasteiger partial charge in [-0.2, -0.15) is 0 Å². The summed E-state index contributed by atoms with van der Waals surface area (Å²) in [4.78, 5) is 10.3. The van der Waals surface area contributed by atoms with Crippen molar-refractivity contribution in [2.45, 2.75) is 45.6 Å². The van der Waals surface area contributed by atoms with E-state index in [1.165, 1.54) is 0 Å². The number of rotatable bonds is 3. The lowest BCUT2D eigenvalue weighted by Crippen LogP contribution is -2.57. The Labute approximate surface area is 68.4 Å². The van der Waals surface area contributed by atoms with Crippen LogP contribution in [-0.2, 0) is 4.79 Å². The van der Waals surface area contributed by atoms with Crippen molar-refractivity contribution in [1.82, 2.24) is 5.32 Å². The van der Waals surface area contributed by atoms with Crippen LogP contribution in [0.5, 0.6) is 0 Å². The van der Waals surface area contributed by atoms with Crippen LogP contribution in [0.25, 0.3) is 0 Å². The highest BCUT2D eigenvalue weighted by molar-refractivity contribution is 5.48. The first-order valence-corrected chi connectivity index (χ1v) is 4.25. The van der Waals surface area contributed by atoms with Crippen molar-refractivity contribution in [2.24, 2.45) is 5.41 Å². The van der Waals surface area contributed by atoms with E-state index in [1.54, 1.807) is 0 Å². The van der Waals surface area contributed by atoms with Crippen LogP contribution in [0.3, 0.4) is 0 Å². The Balaban J connectivity index is 2.49. The molecule has 0 spiro atoms. The highest BCUT2D eigenvalue weighted by Gasteiger charge is 2.47. The second-order valence-electron chi connectivity index (χ2n) is 4.41. The van der Waals surface area contributed by atoms with Gasteiger partial charge < -0.3 is 5.32 Å². The van der Waals surface area contributed by atoms with Gasteiger partial charge in [-0.05, 0) is 24.7 Å². The molecule has 0 aliphatic heterocycles. The zero-order valence-electron chi connectivity index (χ0n) is 7.61. The smallest absolute Gasteiger partial charge is 0.207 e. The number of amides is 1. The number of nitrogens with one attached hydrogen (secondary N) is 1. The van der Waals surface area contributed by atoms with Crippen LogP contribution >= 0.6 is 0 Å². The molecule has 2 heteroatoms. The molecule has 0 unspecified atom stereocenters. The molecule has 1 aliphatic rings. The lowest BCUT2D eigenvalue weighted by molar-refractivity contribution is -0.114. The van der Waals surface area contributed by atoms with E-state index >= 15 is 0 Å². The van der Waals surface area contributed by atoms with Gasteiger partial charge in [-0.3, -0.25) is 4.79 Å². The van der Waals surface area contributed by atoms with Gasteiger partial charge in [-0.15, -0.1) is 0 Å². The third kappa shape index (κ3) is 1.55. The Morgan fingerprint density at radius 2 is 2.00 bits per heavy atom. The van der Waals surface area contributed by atoms with Crippen LogP contribution in [0, 0.1) is 5.41 Å². The SMILES string of the molecule is CCC1(NC=O)CC(C)(C)C1. The minimum absolute atomic E-state index is 0.130. The Morgan fingerprint density at radius 1 is 1.45 bits per heavy atom. The predicted octanol–water partition coefficient (Wildman–Crippen LogP) is 1.70. The maximum Gasteiger partial charge on any atom is 0.207 e. The zero-order chi connectivity index (χ0) is 8.54. The second kappa shape index (κ2) is 2.50. The van der Waals surface area contributed by atoms with Gasteiger partial charge in [0.25, 0.3) is 0 Å². The standard InChI is InChI=1S/C9H17NO/c1-4-9(10-7-11)5-8(2,3)6-9/h7H,4-6H2,1-3H3,(H,10,11). The van der Waals surface area contributed by atoms with Crippen molar-refractivity contribution in [3.05, 3.63) is 0 Å². The Kier molecular flexibility index (Phi) is 1.95. The average Bonchev–Trinajstić information content (AvgIpc) is 1.84. The van der Waals surface area contributed by atoms with Crippen LogP contribution in [0.1, 0.15) is 40.0 Å². The molecule has 1 rings (SSSR count). The summed E-state index contributed by atoms with van der Waals surface area (Å²) in [7, 11) is 0. The molecule has 0 heterocycles. The third-order valence-electron chi connectivity index (χ3n) is 2.68. The summed E-state index contributed by atoms with van der Waals surface area (Å²) in [5, 5.41) is 2.92. The van der Waals surface area contributed by atoms with Crippen LogP contribution in [0.4, 0.5) is 0 Å². The van der Waals surface area contributed by atoms with E-state index < -0.39 is 0 Å². The molecule has 64 valence electrons. The van der Waals surface area contributed by atoms with Crippen LogP contribution in [0.2, 0.25) is 0 Å². The fourth-order valence-electron chi connectivity index (χ4n) is 2.36.